The minimum absolute atomic E-state index is 0.0556. The Morgan fingerprint density at radius 1 is 1.20 bits per heavy atom. The van der Waals surface area contributed by atoms with Gasteiger partial charge in [-0.2, -0.15) is 0 Å². The van der Waals surface area contributed by atoms with Gasteiger partial charge < -0.3 is 14.6 Å². The van der Waals surface area contributed by atoms with E-state index in [-0.39, 0.29) is 5.54 Å². The quantitative estimate of drug-likeness (QED) is 0.919. The fourth-order valence-corrected chi connectivity index (χ4v) is 2.59. The summed E-state index contributed by atoms with van der Waals surface area (Å²) >= 11 is 0. The number of aromatic nitrogens is 2. The van der Waals surface area contributed by atoms with E-state index in [1.165, 1.54) is 25.7 Å². The Hall–Kier alpha value is -1.10. The van der Waals surface area contributed by atoms with Gasteiger partial charge in [-0.1, -0.05) is 12.0 Å². The number of hydrogen-bond donors (Lipinski definition) is 1. The highest BCUT2D eigenvalue weighted by molar-refractivity contribution is 5.24. The molecule has 0 saturated heterocycles. The number of nitrogens with zero attached hydrogens (tertiary/aromatic N) is 3. The Balaban J connectivity index is 1.91. The van der Waals surface area contributed by atoms with E-state index in [1.807, 2.05) is 0 Å². The highest BCUT2D eigenvalue weighted by Crippen LogP contribution is 2.28. The summed E-state index contributed by atoms with van der Waals surface area (Å²) in [6.45, 7) is 9.32. The molecule has 1 aromatic heterocycles. The Bertz CT molecular complexity index is 416. The third-order valence-corrected chi connectivity index (χ3v) is 4.06. The maximum atomic E-state index is 5.76. The van der Waals surface area contributed by atoms with Gasteiger partial charge in [0, 0.05) is 18.6 Å². The van der Waals surface area contributed by atoms with Crippen molar-refractivity contribution in [3.8, 4) is 0 Å². The molecule has 0 bridgehead atoms. The van der Waals surface area contributed by atoms with E-state index in [0.29, 0.717) is 24.5 Å². The first-order chi connectivity index (χ1) is 9.35. The van der Waals surface area contributed by atoms with Crippen LogP contribution < -0.4 is 10.2 Å². The summed E-state index contributed by atoms with van der Waals surface area (Å²) < 4.78 is 5.76. The van der Waals surface area contributed by atoms with Gasteiger partial charge in [-0.05, 0) is 52.4 Å². The lowest BCUT2D eigenvalue weighted by Crippen LogP contribution is -2.35. The zero-order valence-corrected chi connectivity index (χ0v) is 13.4. The van der Waals surface area contributed by atoms with E-state index in [0.717, 1.165) is 5.92 Å². The molecule has 1 aliphatic rings. The molecule has 20 heavy (non-hydrogen) atoms. The van der Waals surface area contributed by atoms with Crippen LogP contribution in [-0.2, 0) is 6.54 Å². The molecule has 114 valence electrons. The van der Waals surface area contributed by atoms with Gasteiger partial charge in [0.25, 0.3) is 0 Å². The van der Waals surface area contributed by atoms with Gasteiger partial charge in [-0.15, -0.1) is 5.10 Å². The largest absolute Gasteiger partial charge is 0.407 e. The molecule has 2 rings (SSSR count). The second kappa shape index (κ2) is 6.12. The maximum absolute atomic E-state index is 5.76. The van der Waals surface area contributed by atoms with Gasteiger partial charge in [0.15, 0.2) is 0 Å². The molecule has 0 aromatic carbocycles. The first-order valence-corrected chi connectivity index (χ1v) is 7.65. The monoisotopic (exact) mass is 280 g/mol. The van der Waals surface area contributed by atoms with Crippen LogP contribution in [0.4, 0.5) is 6.01 Å². The van der Waals surface area contributed by atoms with Crippen LogP contribution in [0, 0.1) is 5.92 Å². The number of rotatable bonds is 4. The van der Waals surface area contributed by atoms with Gasteiger partial charge in [-0.3, -0.25) is 0 Å². The Morgan fingerprint density at radius 3 is 2.45 bits per heavy atom. The minimum Gasteiger partial charge on any atom is -0.407 e. The van der Waals surface area contributed by atoms with Crippen molar-refractivity contribution >= 4 is 6.01 Å². The second-order valence-electron chi connectivity index (χ2n) is 7.11. The topological polar surface area (TPSA) is 54.2 Å². The maximum Gasteiger partial charge on any atom is 0.318 e. The van der Waals surface area contributed by atoms with Crippen LogP contribution >= 0.6 is 0 Å². The van der Waals surface area contributed by atoms with Crippen LogP contribution in [0.1, 0.15) is 59.3 Å². The number of anilines is 1. The van der Waals surface area contributed by atoms with Crippen molar-refractivity contribution < 1.29 is 4.42 Å². The molecule has 1 N–H and O–H groups in total. The molecule has 1 heterocycles. The zero-order chi connectivity index (χ0) is 14.8. The molecular weight excluding hydrogens is 252 g/mol. The van der Waals surface area contributed by atoms with Crippen LogP contribution in [0.5, 0.6) is 0 Å². The summed E-state index contributed by atoms with van der Waals surface area (Å²) in [6, 6.07) is 1.19. The molecule has 0 amide bonds. The standard InChI is InChI=1S/C15H28N4O/c1-11-6-8-12(9-7-11)19(5)14-18-17-13(20-14)10-16-15(2,3)4/h11-12,16H,6-10H2,1-5H3. The molecule has 1 aliphatic carbocycles. The van der Waals surface area contributed by atoms with E-state index in [9.17, 15) is 0 Å². The minimum atomic E-state index is 0.0556. The second-order valence-corrected chi connectivity index (χ2v) is 7.11. The molecule has 0 radical (unpaired) electrons. The molecular formula is C15H28N4O. The molecule has 5 heteroatoms. The fraction of sp³-hybridized carbons (Fsp3) is 0.867. The van der Waals surface area contributed by atoms with Gasteiger partial charge in [-0.25, -0.2) is 0 Å². The lowest BCUT2D eigenvalue weighted by Gasteiger charge is -2.32. The smallest absolute Gasteiger partial charge is 0.318 e. The summed E-state index contributed by atoms with van der Waals surface area (Å²) in [5, 5.41) is 11.7. The van der Waals surface area contributed by atoms with E-state index in [1.54, 1.807) is 0 Å². The predicted molar refractivity (Wildman–Crippen MR) is 80.7 cm³/mol. The van der Waals surface area contributed by atoms with Crippen LogP contribution in [0.15, 0.2) is 4.42 Å². The lowest BCUT2D eigenvalue weighted by atomic mass is 9.87. The van der Waals surface area contributed by atoms with Crippen LogP contribution in [0.25, 0.3) is 0 Å². The van der Waals surface area contributed by atoms with E-state index in [2.05, 4.69) is 55.2 Å². The number of hydrogen-bond acceptors (Lipinski definition) is 5. The highest BCUT2D eigenvalue weighted by atomic mass is 16.4. The van der Waals surface area contributed by atoms with Gasteiger partial charge in [0.2, 0.25) is 5.89 Å². The van der Waals surface area contributed by atoms with Crippen molar-refractivity contribution in [1.82, 2.24) is 15.5 Å². The first-order valence-electron chi connectivity index (χ1n) is 7.65. The summed E-state index contributed by atoms with van der Waals surface area (Å²) in [5.41, 5.74) is 0.0556. The van der Waals surface area contributed by atoms with Gasteiger partial charge >= 0.3 is 6.01 Å². The van der Waals surface area contributed by atoms with Crippen molar-refractivity contribution in [2.24, 2.45) is 5.92 Å². The van der Waals surface area contributed by atoms with Crippen LogP contribution in [0.3, 0.4) is 0 Å². The van der Waals surface area contributed by atoms with Crippen LogP contribution in [0.2, 0.25) is 0 Å². The third kappa shape index (κ3) is 4.20. The average Bonchev–Trinajstić information content (AvgIpc) is 2.84. The average molecular weight is 280 g/mol. The summed E-state index contributed by atoms with van der Waals surface area (Å²) in [5.74, 6) is 1.51. The van der Waals surface area contributed by atoms with Crippen molar-refractivity contribution in [3.63, 3.8) is 0 Å². The predicted octanol–water partition coefficient (Wildman–Crippen LogP) is 2.97. The molecule has 0 aliphatic heterocycles. The Labute approximate surface area is 122 Å². The Kier molecular flexibility index (Phi) is 4.68. The SMILES string of the molecule is CC1CCC(N(C)c2nnc(CNC(C)(C)C)o2)CC1. The summed E-state index contributed by atoms with van der Waals surface area (Å²) in [6.07, 6.45) is 5.02. The fourth-order valence-electron chi connectivity index (χ4n) is 2.59. The molecule has 0 spiro atoms. The Morgan fingerprint density at radius 2 is 1.85 bits per heavy atom. The van der Waals surface area contributed by atoms with E-state index in [4.69, 9.17) is 4.42 Å². The van der Waals surface area contributed by atoms with Crippen molar-refractivity contribution in [2.75, 3.05) is 11.9 Å². The van der Waals surface area contributed by atoms with E-state index >= 15 is 0 Å². The molecule has 1 fully saturated rings. The first kappa shape index (κ1) is 15.3. The van der Waals surface area contributed by atoms with Crippen molar-refractivity contribution in [1.29, 1.82) is 0 Å². The summed E-state index contributed by atoms with van der Waals surface area (Å²) in [7, 11) is 2.06. The molecule has 0 unspecified atom stereocenters. The molecule has 1 saturated carbocycles. The molecule has 0 atom stereocenters. The normalized spacial score (nSPS) is 23.9. The van der Waals surface area contributed by atoms with Crippen molar-refractivity contribution in [3.05, 3.63) is 5.89 Å². The van der Waals surface area contributed by atoms with E-state index < -0.39 is 0 Å². The molecule has 1 aromatic rings. The lowest BCUT2D eigenvalue weighted by molar-refractivity contribution is 0.327. The summed E-state index contributed by atoms with van der Waals surface area (Å²) in [4.78, 5) is 2.15. The van der Waals surface area contributed by atoms with Gasteiger partial charge in [0.1, 0.15) is 0 Å². The highest BCUT2D eigenvalue weighted by Gasteiger charge is 2.25. The third-order valence-electron chi connectivity index (χ3n) is 4.06. The van der Waals surface area contributed by atoms with Gasteiger partial charge in [0.05, 0.1) is 6.54 Å². The number of nitrogens with one attached hydrogen (secondary N) is 1. The van der Waals surface area contributed by atoms with Crippen molar-refractivity contribution in [2.45, 2.75) is 71.5 Å². The molecule has 5 nitrogen and oxygen atoms in total. The zero-order valence-electron chi connectivity index (χ0n) is 13.4. The van der Waals surface area contributed by atoms with Crippen LogP contribution in [-0.4, -0.2) is 28.8 Å².